The number of carbonyl (C=O) groups is 1. The number of halogens is 1. The van der Waals surface area contributed by atoms with E-state index in [0.717, 1.165) is 0 Å². The van der Waals surface area contributed by atoms with Crippen LogP contribution in [-0.2, 0) is 16.1 Å². The summed E-state index contributed by atoms with van der Waals surface area (Å²) in [6.45, 7) is 2.66. The number of fused-ring (bicyclic) bond motifs is 3. The third kappa shape index (κ3) is 2.80. The molecule has 0 aliphatic carbocycles. The van der Waals surface area contributed by atoms with E-state index in [1.165, 1.54) is 6.07 Å². The molecule has 1 aromatic carbocycles. The number of benzene rings is 1. The monoisotopic (exact) mass is 308 g/mol. The van der Waals surface area contributed by atoms with Crippen molar-refractivity contribution < 1.29 is 18.7 Å². The van der Waals surface area contributed by atoms with Crippen LogP contribution in [0, 0.1) is 11.7 Å². The molecule has 0 saturated carbocycles. The Morgan fingerprint density at radius 2 is 2.18 bits per heavy atom. The highest BCUT2D eigenvalue weighted by Gasteiger charge is 2.37. The number of likely N-dealkylation sites (N-methyl/N-ethyl adjacent to an activating group) is 1. The molecule has 2 atom stereocenters. The van der Waals surface area contributed by atoms with Crippen LogP contribution in [0.4, 0.5) is 4.39 Å². The number of nitrogens with zero attached hydrogens (tertiary/aromatic N) is 2. The third-order valence-electron chi connectivity index (χ3n) is 4.50. The molecule has 2 fully saturated rings. The fourth-order valence-corrected chi connectivity index (χ4v) is 3.22. The molecule has 5 nitrogen and oxygen atoms in total. The van der Waals surface area contributed by atoms with Crippen LogP contribution in [-0.4, -0.2) is 62.2 Å². The molecule has 0 N–H and O–H groups in total. The van der Waals surface area contributed by atoms with Crippen LogP contribution in [0.1, 0.15) is 5.56 Å². The zero-order valence-corrected chi connectivity index (χ0v) is 12.9. The van der Waals surface area contributed by atoms with Gasteiger partial charge in [-0.3, -0.25) is 9.69 Å². The molecule has 22 heavy (non-hydrogen) atoms. The van der Waals surface area contributed by atoms with Crippen LogP contribution < -0.4 is 4.74 Å². The first-order chi connectivity index (χ1) is 10.6. The Kier molecular flexibility index (Phi) is 4.31. The van der Waals surface area contributed by atoms with Gasteiger partial charge in [-0.05, 0) is 12.1 Å². The lowest BCUT2D eigenvalue weighted by atomic mass is 10.1. The first-order valence-corrected chi connectivity index (χ1v) is 7.48. The van der Waals surface area contributed by atoms with Crippen LogP contribution >= 0.6 is 0 Å². The van der Waals surface area contributed by atoms with Crippen molar-refractivity contribution in [2.75, 3.05) is 40.5 Å². The summed E-state index contributed by atoms with van der Waals surface area (Å²) in [6.07, 6.45) is 0. The summed E-state index contributed by atoms with van der Waals surface area (Å²) in [5, 5.41) is 0. The average Bonchev–Trinajstić information content (AvgIpc) is 2.68. The van der Waals surface area contributed by atoms with Crippen LogP contribution in [0.5, 0.6) is 5.75 Å². The van der Waals surface area contributed by atoms with E-state index in [9.17, 15) is 9.18 Å². The van der Waals surface area contributed by atoms with Gasteiger partial charge in [-0.15, -0.1) is 0 Å². The van der Waals surface area contributed by atoms with Gasteiger partial charge in [0, 0.05) is 32.2 Å². The molecular formula is C16H21FN2O3. The summed E-state index contributed by atoms with van der Waals surface area (Å²) in [4.78, 5) is 16.2. The highest BCUT2D eigenvalue weighted by Crippen LogP contribution is 2.26. The maximum absolute atomic E-state index is 14.1. The summed E-state index contributed by atoms with van der Waals surface area (Å²) < 4.78 is 25.0. The van der Waals surface area contributed by atoms with Gasteiger partial charge in [-0.1, -0.05) is 6.07 Å². The summed E-state index contributed by atoms with van der Waals surface area (Å²) >= 11 is 0. The molecule has 3 rings (SSSR count). The van der Waals surface area contributed by atoms with E-state index in [2.05, 4.69) is 4.90 Å². The van der Waals surface area contributed by atoms with E-state index in [-0.39, 0.29) is 23.7 Å². The summed E-state index contributed by atoms with van der Waals surface area (Å²) in [5.41, 5.74) is 0.543. The second-order valence-corrected chi connectivity index (χ2v) is 5.95. The standard InChI is InChI=1S/C16H21FN2O3/c1-18-12-7-19(6-11(16(18)20)9-22-10-12)8-13-14(17)4-3-5-15(13)21-2/h3-5,11-12H,6-10H2,1-2H3/t11-,12+/m1/s1. The number of rotatable bonds is 3. The SMILES string of the molecule is COc1cccc(F)c1CN1C[C@@H]2COC[C@H](C1)N(C)C2=O. The lowest BCUT2D eigenvalue weighted by molar-refractivity contribution is -0.133. The van der Waals surface area contributed by atoms with Crippen molar-refractivity contribution in [2.45, 2.75) is 12.6 Å². The molecule has 2 heterocycles. The summed E-state index contributed by atoms with van der Waals surface area (Å²) in [5.74, 6) is 0.204. The van der Waals surface area contributed by atoms with Gasteiger partial charge in [0.05, 0.1) is 32.3 Å². The van der Waals surface area contributed by atoms with Crippen LogP contribution in [0.25, 0.3) is 0 Å². The Hall–Kier alpha value is -1.66. The Morgan fingerprint density at radius 1 is 1.36 bits per heavy atom. The molecular weight excluding hydrogens is 287 g/mol. The van der Waals surface area contributed by atoms with E-state index in [1.807, 2.05) is 7.05 Å². The average molecular weight is 308 g/mol. The lowest BCUT2D eigenvalue weighted by Crippen LogP contribution is -2.43. The molecule has 6 heteroatoms. The second-order valence-electron chi connectivity index (χ2n) is 5.95. The van der Waals surface area contributed by atoms with Gasteiger partial charge in [0.1, 0.15) is 11.6 Å². The van der Waals surface area contributed by atoms with Crippen molar-refractivity contribution in [3.63, 3.8) is 0 Å². The smallest absolute Gasteiger partial charge is 0.229 e. The van der Waals surface area contributed by atoms with Crippen molar-refractivity contribution in [1.29, 1.82) is 0 Å². The van der Waals surface area contributed by atoms with Gasteiger partial charge in [0.15, 0.2) is 0 Å². The quantitative estimate of drug-likeness (QED) is 0.839. The number of methoxy groups -OCH3 is 1. The van der Waals surface area contributed by atoms with Crippen LogP contribution in [0.2, 0.25) is 0 Å². The molecule has 2 aliphatic heterocycles. The number of ether oxygens (including phenoxy) is 2. The fraction of sp³-hybridized carbons (Fsp3) is 0.562. The van der Waals surface area contributed by atoms with Gasteiger partial charge >= 0.3 is 0 Å². The molecule has 0 spiro atoms. The van der Waals surface area contributed by atoms with Gasteiger partial charge in [0.25, 0.3) is 0 Å². The third-order valence-corrected chi connectivity index (χ3v) is 4.50. The number of carbonyl (C=O) groups excluding carboxylic acids is 1. The Labute approximate surface area is 129 Å². The van der Waals surface area contributed by atoms with E-state index in [0.29, 0.717) is 44.2 Å². The number of hydrogen-bond acceptors (Lipinski definition) is 4. The molecule has 0 radical (unpaired) electrons. The van der Waals surface area contributed by atoms with E-state index in [4.69, 9.17) is 9.47 Å². The van der Waals surface area contributed by atoms with Crippen molar-refractivity contribution in [2.24, 2.45) is 5.92 Å². The second kappa shape index (κ2) is 6.22. The first kappa shape index (κ1) is 15.2. The lowest BCUT2D eigenvalue weighted by Gasteiger charge is -2.29. The van der Waals surface area contributed by atoms with Gasteiger partial charge < -0.3 is 14.4 Å². The Morgan fingerprint density at radius 3 is 2.95 bits per heavy atom. The van der Waals surface area contributed by atoms with Crippen LogP contribution in [0.3, 0.4) is 0 Å². The van der Waals surface area contributed by atoms with E-state index in [1.54, 1.807) is 24.1 Å². The highest BCUT2D eigenvalue weighted by molar-refractivity contribution is 5.79. The van der Waals surface area contributed by atoms with Gasteiger partial charge in [-0.25, -0.2) is 4.39 Å². The van der Waals surface area contributed by atoms with Crippen LogP contribution in [0.15, 0.2) is 18.2 Å². The van der Waals surface area contributed by atoms with Crippen molar-refractivity contribution in [3.05, 3.63) is 29.6 Å². The minimum Gasteiger partial charge on any atom is -0.496 e. The number of amides is 1. The number of hydrogen-bond donors (Lipinski definition) is 0. The molecule has 1 amide bonds. The topological polar surface area (TPSA) is 42.0 Å². The normalized spacial score (nSPS) is 26.0. The molecule has 1 aromatic rings. The summed E-state index contributed by atoms with van der Waals surface area (Å²) in [7, 11) is 3.36. The van der Waals surface area contributed by atoms with Gasteiger partial charge in [-0.2, -0.15) is 0 Å². The molecule has 0 aromatic heterocycles. The Bertz CT molecular complexity index is 566. The molecule has 2 bridgehead atoms. The minimum absolute atomic E-state index is 0.0118. The molecule has 0 unspecified atom stereocenters. The van der Waals surface area contributed by atoms with Crippen molar-refractivity contribution >= 4 is 5.91 Å². The van der Waals surface area contributed by atoms with E-state index < -0.39 is 0 Å². The predicted molar refractivity (Wildman–Crippen MR) is 79.1 cm³/mol. The molecule has 2 aliphatic rings. The van der Waals surface area contributed by atoms with Gasteiger partial charge in [0.2, 0.25) is 5.91 Å². The maximum atomic E-state index is 14.1. The molecule has 2 saturated heterocycles. The predicted octanol–water partition coefficient (Wildman–Crippen LogP) is 1.12. The first-order valence-electron chi connectivity index (χ1n) is 7.48. The van der Waals surface area contributed by atoms with Crippen molar-refractivity contribution in [1.82, 2.24) is 9.80 Å². The minimum atomic E-state index is -0.273. The van der Waals surface area contributed by atoms with E-state index >= 15 is 0 Å². The zero-order valence-electron chi connectivity index (χ0n) is 12.9. The molecule has 120 valence electrons. The largest absolute Gasteiger partial charge is 0.496 e. The summed E-state index contributed by atoms with van der Waals surface area (Å²) in [6, 6.07) is 4.85. The highest BCUT2D eigenvalue weighted by atomic mass is 19.1. The zero-order chi connectivity index (χ0) is 15.7. The maximum Gasteiger partial charge on any atom is 0.229 e. The van der Waals surface area contributed by atoms with Crippen molar-refractivity contribution in [3.8, 4) is 5.75 Å². The Balaban J connectivity index is 1.83. The fourth-order valence-electron chi connectivity index (χ4n) is 3.22.